The average Bonchev–Trinajstić information content (AvgIpc) is 2.89. The van der Waals surface area contributed by atoms with Crippen molar-refractivity contribution in [1.29, 1.82) is 0 Å². The van der Waals surface area contributed by atoms with Crippen LogP contribution in [0.15, 0.2) is 65.6 Å². The van der Waals surface area contributed by atoms with Crippen LogP contribution in [0.1, 0.15) is 42.6 Å². The molecule has 1 saturated heterocycles. The molecule has 0 aromatic heterocycles. The maximum absolute atomic E-state index is 13.6. The predicted molar refractivity (Wildman–Crippen MR) is 144 cm³/mol. The molecule has 0 unspecified atom stereocenters. The Morgan fingerprint density at radius 1 is 1.00 bits per heavy atom. The Balaban J connectivity index is 1.59. The van der Waals surface area contributed by atoms with E-state index in [1.807, 2.05) is 38.1 Å². The van der Waals surface area contributed by atoms with Crippen LogP contribution in [0.3, 0.4) is 0 Å². The van der Waals surface area contributed by atoms with Crippen molar-refractivity contribution >= 4 is 38.5 Å². The largest absolute Gasteiger partial charge is 0.450 e. The first-order chi connectivity index (χ1) is 17.7. The number of piperidine rings is 1. The van der Waals surface area contributed by atoms with Gasteiger partial charge in [0.25, 0.3) is 5.91 Å². The molecule has 1 aliphatic heterocycles. The van der Waals surface area contributed by atoms with Gasteiger partial charge in [-0.25, -0.2) is 17.9 Å². The molecule has 4 rings (SSSR count). The van der Waals surface area contributed by atoms with Crippen molar-refractivity contribution in [3.63, 3.8) is 0 Å². The van der Waals surface area contributed by atoms with Crippen LogP contribution in [0, 0.1) is 12.8 Å². The van der Waals surface area contributed by atoms with Gasteiger partial charge in [0.15, 0.2) is 0 Å². The summed E-state index contributed by atoms with van der Waals surface area (Å²) in [5.41, 5.74) is 1.95. The molecule has 8 nitrogen and oxygen atoms in total. The van der Waals surface area contributed by atoms with Gasteiger partial charge in [-0.1, -0.05) is 55.8 Å². The molecular weight excluding hydrogens is 490 g/mol. The first-order valence-electron chi connectivity index (χ1n) is 12.6. The van der Waals surface area contributed by atoms with Crippen LogP contribution in [0.4, 0.5) is 10.5 Å². The molecule has 1 fully saturated rings. The standard InChI is InChI=1S/C28H33N3O5S/c1-4-20-18-31(28(33)36-5-2)17-16-24(20)30-37(34,35)26-15-14-25(22-12-8-9-13-23(22)26)29-27(32)21-11-7-6-10-19(21)3/h6-15,20,24,30H,4-5,16-18H2,1-3H3,(H,29,32)/t20-,24+/m1/s1. The topological polar surface area (TPSA) is 105 Å². The summed E-state index contributed by atoms with van der Waals surface area (Å²) in [5, 5.41) is 4.10. The summed E-state index contributed by atoms with van der Waals surface area (Å²) in [7, 11) is -3.88. The van der Waals surface area contributed by atoms with Gasteiger partial charge in [0, 0.05) is 41.2 Å². The number of fused-ring (bicyclic) bond motifs is 1. The number of likely N-dealkylation sites (tertiary alicyclic amines) is 1. The number of rotatable bonds is 7. The van der Waals surface area contributed by atoms with Crippen LogP contribution in [-0.2, 0) is 14.8 Å². The number of carbonyl (C=O) groups is 2. The Bertz CT molecular complexity index is 1410. The smallest absolute Gasteiger partial charge is 0.409 e. The first kappa shape index (κ1) is 26.6. The first-order valence-corrected chi connectivity index (χ1v) is 14.1. The van der Waals surface area contributed by atoms with E-state index in [1.54, 1.807) is 42.2 Å². The highest BCUT2D eigenvalue weighted by Crippen LogP contribution is 2.31. The summed E-state index contributed by atoms with van der Waals surface area (Å²) in [6.45, 7) is 6.79. The number of nitrogens with zero attached hydrogens (tertiary/aromatic N) is 1. The third kappa shape index (κ3) is 5.78. The van der Waals surface area contributed by atoms with Gasteiger partial charge < -0.3 is 15.0 Å². The van der Waals surface area contributed by atoms with Gasteiger partial charge in [-0.15, -0.1) is 0 Å². The van der Waals surface area contributed by atoms with E-state index in [0.717, 1.165) is 5.56 Å². The van der Waals surface area contributed by atoms with E-state index >= 15 is 0 Å². The second-order valence-corrected chi connectivity index (χ2v) is 10.9. The quantitative estimate of drug-likeness (QED) is 0.457. The van der Waals surface area contributed by atoms with Crippen LogP contribution in [-0.4, -0.2) is 51.1 Å². The van der Waals surface area contributed by atoms with E-state index in [2.05, 4.69) is 10.0 Å². The highest BCUT2D eigenvalue weighted by atomic mass is 32.2. The second-order valence-electron chi connectivity index (χ2n) is 9.26. The summed E-state index contributed by atoms with van der Waals surface area (Å²) in [6, 6.07) is 17.3. The monoisotopic (exact) mass is 523 g/mol. The summed E-state index contributed by atoms with van der Waals surface area (Å²) in [5.74, 6) is -0.289. The molecule has 2 atom stereocenters. The predicted octanol–water partition coefficient (Wildman–Crippen LogP) is 4.94. The third-order valence-electron chi connectivity index (χ3n) is 6.90. The van der Waals surface area contributed by atoms with Crippen molar-refractivity contribution in [1.82, 2.24) is 9.62 Å². The zero-order valence-corrected chi connectivity index (χ0v) is 22.2. The summed E-state index contributed by atoms with van der Waals surface area (Å²) < 4.78 is 35.2. The normalized spacial score (nSPS) is 18.0. The number of anilines is 1. The molecule has 3 aromatic rings. The molecule has 37 heavy (non-hydrogen) atoms. The Morgan fingerprint density at radius 3 is 2.41 bits per heavy atom. The molecule has 3 aromatic carbocycles. The highest BCUT2D eigenvalue weighted by Gasteiger charge is 2.34. The number of carbonyl (C=O) groups excluding carboxylic acids is 2. The zero-order valence-electron chi connectivity index (χ0n) is 21.4. The molecule has 0 bridgehead atoms. The fourth-order valence-corrected chi connectivity index (χ4v) is 6.43. The maximum Gasteiger partial charge on any atom is 0.409 e. The number of sulfonamides is 1. The van der Waals surface area contributed by atoms with Gasteiger partial charge in [-0.3, -0.25) is 4.79 Å². The molecule has 0 aliphatic carbocycles. The number of hydrogen-bond acceptors (Lipinski definition) is 5. The molecule has 1 aliphatic rings. The lowest BCUT2D eigenvalue weighted by atomic mass is 9.91. The van der Waals surface area contributed by atoms with Crippen molar-refractivity contribution in [2.45, 2.75) is 44.6 Å². The summed E-state index contributed by atoms with van der Waals surface area (Å²) >= 11 is 0. The molecular formula is C28H33N3O5S. The van der Waals surface area contributed by atoms with Crippen LogP contribution < -0.4 is 10.0 Å². The van der Waals surface area contributed by atoms with Crippen molar-refractivity contribution in [2.24, 2.45) is 5.92 Å². The number of benzene rings is 3. The summed E-state index contributed by atoms with van der Waals surface area (Å²) in [6.07, 6.45) is 0.851. The van der Waals surface area contributed by atoms with Crippen LogP contribution in [0.5, 0.6) is 0 Å². The van der Waals surface area contributed by atoms with E-state index in [1.165, 1.54) is 6.07 Å². The van der Waals surface area contributed by atoms with E-state index < -0.39 is 10.0 Å². The van der Waals surface area contributed by atoms with Gasteiger partial charge in [-0.05, 0) is 49.9 Å². The third-order valence-corrected chi connectivity index (χ3v) is 8.45. The molecule has 0 radical (unpaired) electrons. The lowest BCUT2D eigenvalue weighted by Crippen LogP contribution is -2.52. The number of ether oxygens (including phenoxy) is 1. The van der Waals surface area contributed by atoms with Crippen molar-refractivity contribution in [3.05, 3.63) is 71.8 Å². The van der Waals surface area contributed by atoms with Gasteiger partial charge >= 0.3 is 6.09 Å². The average molecular weight is 524 g/mol. The summed E-state index contributed by atoms with van der Waals surface area (Å²) in [4.78, 5) is 26.9. The number of amides is 2. The minimum Gasteiger partial charge on any atom is -0.450 e. The molecule has 0 saturated carbocycles. The minimum atomic E-state index is -3.88. The van der Waals surface area contributed by atoms with Crippen LogP contribution in [0.25, 0.3) is 10.8 Å². The minimum absolute atomic E-state index is 0.0353. The van der Waals surface area contributed by atoms with Gasteiger partial charge in [0.2, 0.25) is 10.0 Å². The molecule has 2 N–H and O–H groups in total. The van der Waals surface area contributed by atoms with E-state index in [9.17, 15) is 18.0 Å². The van der Waals surface area contributed by atoms with Crippen molar-refractivity contribution in [2.75, 3.05) is 25.0 Å². The van der Waals surface area contributed by atoms with E-state index in [-0.39, 0.29) is 28.9 Å². The van der Waals surface area contributed by atoms with E-state index in [4.69, 9.17) is 4.74 Å². The number of hydrogen-bond donors (Lipinski definition) is 2. The van der Waals surface area contributed by atoms with Gasteiger partial charge in [-0.2, -0.15) is 0 Å². The van der Waals surface area contributed by atoms with E-state index in [0.29, 0.717) is 54.6 Å². The van der Waals surface area contributed by atoms with Gasteiger partial charge in [0.05, 0.1) is 11.5 Å². The molecule has 9 heteroatoms. The Morgan fingerprint density at radius 2 is 1.70 bits per heavy atom. The lowest BCUT2D eigenvalue weighted by molar-refractivity contribution is 0.0811. The highest BCUT2D eigenvalue weighted by molar-refractivity contribution is 7.89. The lowest BCUT2D eigenvalue weighted by Gasteiger charge is -2.37. The van der Waals surface area contributed by atoms with Gasteiger partial charge in [0.1, 0.15) is 0 Å². The van der Waals surface area contributed by atoms with Crippen molar-refractivity contribution < 1.29 is 22.7 Å². The zero-order chi connectivity index (χ0) is 26.6. The Hall–Kier alpha value is -3.43. The Kier molecular flexibility index (Phi) is 8.14. The fraction of sp³-hybridized carbons (Fsp3) is 0.357. The molecule has 196 valence electrons. The number of aryl methyl sites for hydroxylation is 1. The molecule has 0 spiro atoms. The fourth-order valence-electron chi connectivity index (χ4n) is 4.88. The van der Waals surface area contributed by atoms with Crippen LogP contribution >= 0.6 is 0 Å². The molecule has 2 amide bonds. The number of nitrogens with one attached hydrogen (secondary N) is 2. The maximum atomic E-state index is 13.6. The molecule has 1 heterocycles. The Labute approximate surface area is 218 Å². The van der Waals surface area contributed by atoms with Crippen molar-refractivity contribution in [3.8, 4) is 0 Å². The second kappa shape index (κ2) is 11.3. The van der Waals surface area contributed by atoms with Crippen LogP contribution in [0.2, 0.25) is 0 Å². The SMILES string of the molecule is CCOC(=O)N1CC[C@H](NS(=O)(=O)c2ccc(NC(=O)c3ccccc3C)c3ccccc23)[C@H](CC)C1.